The molecule has 1 N–H and O–H groups in total. The van der Waals surface area contributed by atoms with Crippen molar-refractivity contribution in [1.29, 1.82) is 5.26 Å². The van der Waals surface area contributed by atoms with Crippen molar-refractivity contribution in [3.8, 4) is 17.7 Å². The lowest BCUT2D eigenvalue weighted by atomic mass is 10.1. The number of amides is 1. The van der Waals surface area contributed by atoms with Gasteiger partial charge in [-0.2, -0.15) is 10.2 Å². The summed E-state index contributed by atoms with van der Waals surface area (Å²) in [4.78, 5) is 20.7. The fourth-order valence-corrected chi connectivity index (χ4v) is 3.92. The average Bonchev–Trinajstić information content (AvgIpc) is 3.42. The Labute approximate surface area is 178 Å². The van der Waals surface area contributed by atoms with Crippen LogP contribution in [0, 0.1) is 11.3 Å². The zero-order chi connectivity index (χ0) is 22.0. The van der Waals surface area contributed by atoms with E-state index < -0.39 is 10.0 Å². The number of nitriles is 1. The number of carbonyl (C=O) groups excluding carboxylic acids is 1. The summed E-state index contributed by atoms with van der Waals surface area (Å²) in [7, 11) is -3.52. The standard InChI is InChI=1S/C20H19N5O5S/c1-31(27,28)23-15-6-3-2-5-14(15)19(26)24-8-10-25(11-9-24)20-16(13-21)22-18(30-20)17-7-4-12-29-17/h2-7,12,23H,8-11H2,1H3. The molecule has 1 amide bonds. The molecule has 1 aromatic carbocycles. The molecule has 3 heterocycles. The summed E-state index contributed by atoms with van der Waals surface area (Å²) >= 11 is 0. The van der Waals surface area contributed by atoms with Crippen LogP contribution in [-0.4, -0.2) is 56.6 Å². The molecule has 10 nitrogen and oxygen atoms in total. The normalized spacial score (nSPS) is 14.3. The van der Waals surface area contributed by atoms with E-state index in [1.165, 1.54) is 6.26 Å². The number of furan rings is 1. The molecule has 1 aliphatic rings. The van der Waals surface area contributed by atoms with Crippen molar-refractivity contribution in [2.75, 3.05) is 42.1 Å². The quantitative estimate of drug-likeness (QED) is 0.637. The molecule has 1 saturated heterocycles. The molecule has 1 fully saturated rings. The van der Waals surface area contributed by atoms with E-state index in [4.69, 9.17) is 8.83 Å². The van der Waals surface area contributed by atoms with Crippen molar-refractivity contribution in [2.24, 2.45) is 0 Å². The van der Waals surface area contributed by atoms with Gasteiger partial charge in [0.05, 0.1) is 23.8 Å². The van der Waals surface area contributed by atoms with Crippen LogP contribution in [0.5, 0.6) is 0 Å². The number of hydrogen-bond donors (Lipinski definition) is 1. The summed E-state index contributed by atoms with van der Waals surface area (Å²) in [6.45, 7) is 1.59. The topological polar surface area (TPSA) is 133 Å². The van der Waals surface area contributed by atoms with Crippen LogP contribution in [0.2, 0.25) is 0 Å². The zero-order valence-corrected chi connectivity index (χ0v) is 17.4. The predicted molar refractivity (Wildman–Crippen MR) is 112 cm³/mol. The predicted octanol–water partition coefficient (Wildman–Crippen LogP) is 2.14. The molecule has 0 atom stereocenters. The molecule has 4 rings (SSSR count). The Bertz CT molecular complexity index is 1240. The van der Waals surface area contributed by atoms with E-state index in [2.05, 4.69) is 9.71 Å². The Morgan fingerprint density at radius 1 is 1.16 bits per heavy atom. The van der Waals surface area contributed by atoms with Crippen molar-refractivity contribution in [1.82, 2.24) is 9.88 Å². The van der Waals surface area contributed by atoms with Crippen LogP contribution in [0.25, 0.3) is 11.7 Å². The maximum atomic E-state index is 13.0. The molecule has 0 bridgehead atoms. The van der Waals surface area contributed by atoms with Crippen LogP contribution in [0.1, 0.15) is 16.1 Å². The first kappa shape index (κ1) is 20.5. The first-order valence-corrected chi connectivity index (χ1v) is 11.3. The van der Waals surface area contributed by atoms with Crippen LogP contribution in [0.4, 0.5) is 11.6 Å². The van der Waals surface area contributed by atoms with Gasteiger partial charge in [0, 0.05) is 26.2 Å². The third-order valence-corrected chi connectivity index (χ3v) is 5.34. The number of piperazine rings is 1. The van der Waals surface area contributed by atoms with Crippen LogP contribution >= 0.6 is 0 Å². The van der Waals surface area contributed by atoms with Gasteiger partial charge in [0.15, 0.2) is 5.76 Å². The van der Waals surface area contributed by atoms with Gasteiger partial charge in [-0.05, 0) is 24.3 Å². The van der Waals surface area contributed by atoms with Gasteiger partial charge in [-0.3, -0.25) is 9.52 Å². The van der Waals surface area contributed by atoms with Crippen molar-refractivity contribution in [3.63, 3.8) is 0 Å². The van der Waals surface area contributed by atoms with E-state index in [0.29, 0.717) is 37.8 Å². The minimum absolute atomic E-state index is 0.147. The zero-order valence-electron chi connectivity index (χ0n) is 16.6. The van der Waals surface area contributed by atoms with Crippen molar-refractivity contribution in [3.05, 3.63) is 53.9 Å². The van der Waals surface area contributed by atoms with E-state index >= 15 is 0 Å². The number of para-hydroxylation sites is 1. The highest BCUT2D eigenvalue weighted by molar-refractivity contribution is 7.92. The van der Waals surface area contributed by atoms with Crippen molar-refractivity contribution >= 4 is 27.5 Å². The number of nitrogens with one attached hydrogen (secondary N) is 1. The van der Waals surface area contributed by atoms with E-state index in [-0.39, 0.29) is 28.7 Å². The SMILES string of the molecule is CS(=O)(=O)Nc1ccccc1C(=O)N1CCN(c2oc(-c3ccco3)nc2C#N)CC1. The lowest BCUT2D eigenvalue weighted by molar-refractivity contribution is 0.0746. The summed E-state index contributed by atoms with van der Waals surface area (Å²) in [6.07, 6.45) is 2.53. The van der Waals surface area contributed by atoms with E-state index in [1.807, 2.05) is 11.0 Å². The number of aromatic nitrogens is 1. The third-order valence-electron chi connectivity index (χ3n) is 4.75. The lowest BCUT2D eigenvalue weighted by Gasteiger charge is -2.34. The van der Waals surface area contributed by atoms with E-state index in [1.54, 1.807) is 41.3 Å². The molecule has 11 heteroatoms. The fourth-order valence-electron chi connectivity index (χ4n) is 3.35. The number of benzene rings is 1. The van der Waals surface area contributed by atoms with Gasteiger partial charge in [0.25, 0.3) is 11.8 Å². The highest BCUT2D eigenvalue weighted by Gasteiger charge is 2.28. The number of nitrogens with zero attached hydrogens (tertiary/aromatic N) is 4. The summed E-state index contributed by atoms with van der Waals surface area (Å²) < 4.78 is 36.6. The maximum Gasteiger partial charge on any atom is 0.266 e. The van der Waals surface area contributed by atoms with Crippen molar-refractivity contribution < 1.29 is 22.0 Å². The highest BCUT2D eigenvalue weighted by atomic mass is 32.2. The Kier molecular flexibility index (Phi) is 5.39. The van der Waals surface area contributed by atoms with Crippen LogP contribution < -0.4 is 9.62 Å². The van der Waals surface area contributed by atoms with Gasteiger partial charge < -0.3 is 18.6 Å². The lowest BCUT2D eigenvalue weighted by Crippen LogP contribution is -2.49. The Hall–Kier alpha value is -3.78. The van der Waals surface area contributed by atoms with Gasteiger partial charge in [-0.25, -0.2) is 8.42 Å². The molecular formula is C20H19N5O5S. The summed E-state index contributed by atoms with van der Waals surface area (Å²) in [5.41, 5.74) is 0.662. The Balaban J connectivity index is 1.49. The first-order chi connectivity index (χ1) is 14.9. The minimum atomic E-state index is -3.52. The smallest absolute Gasteiger partial charge is 0.266 e. The Morgan fingerprint density at radius 2 is 1.90 bits per heavy atom. The summed E-state index contributed by atoms with van der Waals surface area (Å²) in [5.74, 6) is 0.697. The molecule has 31 heavy (non-hydrogen) atoms. The average molecular weight is 441 g/mol. The van der Waals surface area contributed by atoms with Crippen molar-refractivity contribution in [2.45, 2.75) is 0 Å². The van der Waals surface area contributed by atoms with Gasteiger partial charge in [-0.15, -0.1) is 0 Å². The first-order valence-electron chi connectivity index (χ1n) is 9.41. The second-order valence-corrected chi connectivity index (χ2v) is 8.71. The second-order valence-electron chi connectivity index (χ2n) is 6.96. The molecule has 1 aliphatic heterocycles. The maximum absolute atomic E-state index is 13.0. The molecular weight excluding hydrogens is 422 g/mol. The molecule has 0 radical (unpaired) electrons. The number of sulfonamides is 1. The summed E-state index contributed by atoms with van der Waals surface area (Å²) in [5, 5.41) is 9.42. The number of carbonyl (C=O) groups is 1. The molecule has 0 spiro atoms. The van der Waals surface area contributed by atoms with Gasteiger partial charge >= 0.3 is 0 Å². The van der Waals surface area contributed by atoms with Gasteiger partial charge in [0.1, 0.15) is 6.07 Å². The third kappa shape index (κ3) is 4.39. The van der Waals surface area contributed by atoms with Crippen LogP contribution in [-0.2, 0) is 10.0 Å². The van der Waals surface area contributed by atoms with Crippen LogP contribution in [0.3, 0.4) is 0 Å². The number of rotatable bonds is 5. The molecule has 0 saturated carbocycles. The molecule has 2 aromatic heterocycles. The van der Waals surface area contributed by atoms with Gasteiger partial charge in [0.2, 0.25) is 21.6 Å². The molecule has 3 aromatic rings. The van der Waals surface area contributed by atoms with Crippen LogP contribution in [0.15, 0.2) is 51.5 Å². The number of hydrogen-bond acceptors (Lipinski definition) is 8. The van der Waals surface area contributed by atoms with Gasteiger partial charge in [-0.1, -0.05) is 12.1 Å². The molecule has 160 valence electrons. The second kappa shape index (κ2) is 8.16. The monoisotopic (exact) mass is 441 g/mol. The largest absolute Gasteiger partial charge is 0.459 e. The fraction of sp³-hybridized carbons (Fsp3) is 0.250. The van der Waals surface area contributed by atoms with E-state index in [9.17, 15) is 18.5 Å². The number of anilines is 2. The van der Waals surface area contributed by atoms with E-state index in [0.717, 1.165) is 6.26 Å². The highest BCUT2D eigenvalue weighted by Crippen LogP contribution is 2.29. The Morgan fingerprint density at radius 3 is 2.55 bits per heavy atom. The molecule has 0 unspecified atom stereocenters. The summed E-state index contributed by atoms with van der Waals surface area (Å²) in [6, 6.07) is 11.9. The minimum Gasteiger partial charge on any atom is -0.459 e. The molecule has 0 aliphatic carbocycles. The number of oxazole rings is 1.